The zero-order chi connectivity index (χ0) is 12.4. The van der Waals surface area contributed by atoms with E-state index in [-0.39, 0.29) is 0 Å². The molecule has 2 heteroatoms. The van der Waals surface area contributed by atoms with Crippen molar-refractivity contribution in [3.05, 3.63) is 0 Å². The standard InChI is InChI=1S/C16H30N2/c1-2-18(15-8-9-15)13-16(10-4-3-5-11-16)12-17-14-6-7-14/h14-15,17H,2-13H2,1H3. The van der Waals surface area contributed by atoms with Crippen molar-refractivity contribution in [3.63, 3.8) is 0 Å². The average Bonchev–Trinajstić information content (AvgIpc) is 3.29. The molecule has 0 spiro atoms. The van der Waals surface area contributed by atoms with Crippen LogP contribution in [-0.4, -0.2) is 36.6 Å². The molecule has 0 bridgehead atoms. The second-order valence-corrected chi connectivity index (χ2v) is 7.01. The number of nitrogens with zero attached hydrogens (tertiary/aromatic N) is 1. The first-order chi connectivity index (χ1) is 8.81. The molecule has 3 aliphatic carbocycles. The summed E-state index contributed by atoms with van der Waals surface area (Å²) in [6, 6.07) is 1.81. The van der Waals surface area contributed by atoms with Crippen molar-refractivity contribution in [2.75, 3.05) is 19.6 Å². The van der Waals surface area contributed by atoms with E-state index in [0.717, 1.165) is 12.1 Å². The van der Waals surface area contributed by atoms with Gasteiger partial charge in [-0.15, -0.1) is 0 Å². The second kappa shape index (κ2) is 5.50. The molecule has 0 radical (unpaired) electrons. The maximum atomic E-state index is 3.83. The van der Waals surface area contributed by atoms with Gasteiger partial charge in [0.05, 0.1) is 0 Å². The largest absolute Gasteiger partial charge is 0.313 e. The van der Waals surface area contributed by atoms with Crippen LogP contribution in [0.2, 0.25) is 0 Å². The lowest BCUT2D eigenvalue weighted by molar-refractivity contribution is 0.100. The van der Waals surface area contributed by atoms with Crippen LogP contribution in [0.4, 0.5) is 0 Å². The van der Waals surface area contributed by atoms with Crippen LogP contribution in [0.1, 0.15) is 64.7 Å². The summed E-state index contributed by atoms with van der Waals surface area (Å²) >= 11 is 0. The average molecular weight is 250 g/mol. The van der Waals surface area contributed by atoms with E-state index in [1.807, 2.05) is 0 Å². The zero-order valence-corrected chi connectivity index (χ0v) is 12.1. The fourth-order valence-corrected chi connectivity index (χ4v) is 3.71. The number of nitrogens with one attached hydrogen (secondary N) is 1. The Morgan fingerprint density at radius 2 is 1.78 bits per heavy atom. The van der Waals surface area contributed by atoms with Gasteiger partial charge in [-0.3, -0.25) is 0 Å². The van der Waals surface area contributed by atoms with Crippen molar-refractivity contribution in [1.82, 2.24) is 10.2 Å². The first-order valence-electron chi connectivity index (χ1n) is 8.29. The normalized spacial score (nSPS) is 27.7. The van der Waals surface area contributed by atoms with Crippen molar-refractivity contribution in [3.8, 4) is 0 Å². The Balaban J connectivity index is 1.58. The van der Waals surface area contributed by atoms with Gasteiger partial charge in [-0.25, -0.2) is 0 Å². The van der Waals surface area contributed by atoms with Crippen LogP contribution in [0.15, 0.2) is 0 Å². The molecule has 18 heavy (non-hydrogen) atoms. The molecule has 0 unspecified atom stereocenters. The molecule has 3 rings (SSSR count). The lowest BCUT2D eigenvalue weighted by Crippen LogP contribution is -2.46. The van der Waals surface area contributed by atoms with Gasteiger partial charge >= 0.3 is 0 Å². The summed E-state index contributed by atoms with van der Waals surface area (Å²) in [5, 5.41) is 3.83. The Labute approximate surface area is 113 Å². The highest BCUT2D eigenvalue weighted by molar-refractivity contribution is 4.94. The van der Waals surface area contributed by atoms with Gasteiger partial charge in [0.2, 0.25) is 0 Å². The van der Waals surface area contributed by atoms with Crippen molar-refractivity contribution in [1.29, 1.82) is 0 Å². The van der Waals surface area contributed by atoms with Gasteiger partial charge in [0, 0.05) is 25.2 Å². The third kappa shape index (κ3) is 3.27. The lowest BCUT2D eigenvalue weighted by Gasteiger charge is -2.41. The minimum absolute atomic E-state index is 0.611. The summed E-state index contributed by atoms with van der Waals surface area (Å²) in [5.74, 6) is 0. The fraction of sp³-hybridized carbons (Fsp3) is 1.00. The molecular weight excluding hydrogens is 220 g/mol. The molecule has 0 aromatic heterocycles. The van der Waals surface area contributed by atoms with E-state index in [1.165, 1.54) is 77.4 Å². The Kier molecular flexibility index (Phi) is 3.95. The van der Waals surface area contributed by atoms with Crippen molar-refractivity contribution in [2.45, 2.75) is 76.8 Å². The first kappa shape index (κ1) is 12.9. The molecule has 0 atom stereocenters. The van der Waals surface area contributed by atoms with E-state index in [0.29, 0.717) is 5.41 Å². The molecule has 3 saturated carbocycles. The highest BCUT2D eigenvalue weighted by Crippen LogP contribution is 2.39. The predicted molar refractivity (Wildman–Crippen MR) is 76.8 cm³/mol. The van der Waals surface area contributed by atoms with Crippen LogP contribution in [0, 0.1) is 5.41 Å². The van der Waals surface area contributed by atoms with Gasteiger partial charge in [0.25, 0.3) is 0 Å². The number of hydrogen-bond donors (Lipinski definition) is 1. The van der Waals surface area contributed by atoms with Crippen LogP contribution in [0.25, 0.3) is 0 Å². The molecule has 0 aromatic rings. The van der Waals surface area contributed by atoms with Crippen LogP contribution in [0.3, 0.4) is 0 Å². The SMILES string of the molecule is CCN(CC1(CNC2CC2)CCCCC1)C1CC1. The Morgan fingerprint density at radius 1 is 1.06 bits per heavy atom. The Morgan fingerprint density at radius 3 is 2.33 bits per heavy atom. The number of rotatable bonds is 7. The molecule has 3 aliphatic rings. The van der Waals surface area contributed by atoms with E-state index < -0.39 is 0 Å². The minimum atomic E-state index is 0.611. The molecule has 0 aromatic carbocycles. The maximum absolute atomic E-state index is 3.83. The Bertz CT molecular complexity index is 262. The molecule has 0 amide bonds. The minimum Gasteiger partial charge on any atom is -0.313 e. The van der Waals surface area contributed by atoms with E-state index in [1.54, 1.807) is 0 Å². The van der Waals surface area contributed by atoms with Crippen molar-refractivity contribution >= 4 is 0 Å². The monoisotopic (exact) mass is 250 g/mol. The van der Waals surface area contributed by atoms with E-state index in [4.69, 9.17) is 0 Å². The summed E-state index contributed by atoms with van der Waals surface area (Å²) in [5.41, 5.74) is 0.611. The van der Waals surface area contributed by atoms with Gasteiger partial charge in [-0.05, 0) is 50.5 Å². The van der Waals surface area contributed by atoms with Gasteiger partial charge < -0.3 is 10.2 Å². The fourth-order valence-electron chi connectivity index (χ4n) is 3.71. The Hall–Kier alpha value is -0.0800. The second-order valence-electron chi connectivity index (χ2n) is 7.01. The smallest absolute Gasteiger partial charge is 0.00965 e. The van der Waals surface area contributed by atoms with E-state index in [9.17, 15) is 0 Å². The summed E-state index contributed by atoms with van der Waals surface area (Å²) in [7, 11) is 0. The molecule has 0 saturated heterocycles. The quantitative estimate of drug-likeness (QED) is 0.746. The summed E-state index contributed by atoms with van der Waals surface area (Å²) in [4.78, 5) is 2.78. The summed E-state index contributed by atoms with van der Waals surface area (Å²) < 4.78 is 0. The van der Waals surface area contributed by atoms with Gasteiger partial charge in [-0.2, -0.15) is 0 Å². The first-order valence-corrected chi connectivity index (χ1v) is 8.29. The molecule has 3 fully saturated rings. The van der Waals surface area contributed by atoms with Crippen LogP contribution < -0.4 is 5.32 Å². The molecule has 0 heterocycles. The number of hydrogen-bond acceptors (Lipinski definition) is 2. The van der Waals surface area contributed by atoms with Gasteiger partial charge in [0.15, 0.2) is 0 Å². The molecule has 2 nitrogen and oxygen atoms in total. The molecule has 0 aliphatic heterocycles. The lowest BCUT2D eigenvalue weighted by atomic mass is 9.73. The topological polar surface area (TPSA) is 15.3 Å². The van der Waals surface area contributed by atoms with Crippen molar-refractivity contribution in [2.24, 2.45) is 5.41 Å². The maximum Gasteiger partial charge on any atom is 0.00965 e. The van der Waals surface area contributed by atoms with Crippen LogP contribution >= 0.6 is 0 Å². The zero-order valence-electron chi connectivity index (χ0n) is 12.1. The summed E-state index contributed by atoms with van der Waals surface area (Å²) in [6.45, 7) is 6.27. The van der Waals surface area contributed by atoms with Crippen molar-refractivity contribution < 1.29 is 0 Å². The highest BCUT2D eigenvalue weighted by atomic mass is 15.2. The highest BCUT2D eigenvalue weighted by Gasteiger charge is 2.38. The molecule has 1 N–H and O–H groups in total. The third-order valence-electron chi connectivity index (χ3n) is 5.27. The van der Waals surface area contributed by atoms with Crippen LogP contribution in [0.5, 0.6) is 0 Å². The predicted octanol–water partition coefficient (Wildman–Crippen LogP) is 3.17. The molecule has 104 valence electrons. The van der Waals surface area contributed by atoms with Gasteiger partial charge in [0.1, 0.15) is 0 Å². The van der Waals surface area contributed by atoms with E-state index >= 15 is 0 Å². The summed E-state index contributed by atoms with van der Waals surface area (Å²) in [6.07, 6.45) is 13.1. The third-order valence-corrected chi connectivity index (χ3v) is 5.27. The van der Waals surface area contributed by atoms with Gasteiger partial charge in [-0.1, -0.05) is 26.2 Å². The van der Waals surface area contributed by atoms with Crippen LogP contribution in [-0.2, 0) is 0 Å². The van der Waals surface area contributed by atoms with E-state index in [2.05, 4.69) is 17.1 Å². The molecular formula is C16H30N2.